The lowest BCUT2D eigenvalue weighted by atomic mass is 10.0. The predicted octanol–water partition coefficient (Wildman–Crippen LogP) is 4.29. The van der Waals surface area contributed by atoms with Crippen molar-refractivity contribution in [3.63, 3.8) is 0 Å². The summed E-state index contributed by atoms with van der Waals surface area (Å²) < 4.78 is 19.1. The van der Waals surface area contributed by atoms with E-state index in [-0.39, 0.29) is 11.4 Å². The van der Waals surface area contributed by atoms with E-state index >= 15 is 0 Å². The van der Waals surface area contributed by atoms with Crippen LogP contribution in [-0.2, 0) is 0 Å². The Labute approximate surface area is 123 Å². The molecule has 0 saturated carbocycles. The Morgan fingerprint density at radius 3 is 2.48 bits per heavy atom. The number of hydrogen-bond acceptors (Lipinski definition) is 2. The summed E-state index contributed by atoms with van der Waals surface area (Å²) in [6.45, 7) is 4.09. The monoisotopic (exact) mass is 288 g/mol. The first-order chi connectivity index (χ1) is 10.0. The molecule has 1 N–H and O–H groups in total. The molecule has 0 amide bonds. The molecule has 0 spiro atoms. The average molecular weight is 288 g/mol. The van der Waals surface area contributed by atoms with Crippen LogP contribution < -0.4 is 4.74 Å². The van der Waals surface area contributed by atoms with E-state index in [1.54, 1.807) is 31.2 Å². The normalized spacial score (nSPS) is 10.4. The highest BCUT2D eigenvalue weighted by atomic mass is 19.1. The van der Waals surface area contributed by atoms with Gasteiger partial charge in [0.25, 0.3) is 0 Å². The summed E-state index contributed by atoms with van der Waals surface area (Å²) in [6, 6.07) is 9.71. The number of hydrogen-bond donors (Lipinski definition) is 1. The topological polar surface area (TPSA) is 46.5 Å². The summed E-state index contributed by atoms with van der Waals surface area (Å²) in [7, 11) is 0. The fourth-order valence-corrected chi connectivity index (χ4v) is 1.99. The second-order valence-corrected chi connectivity index (χ2v) is 4.83. The molecule has 110 valence electrons. The maximum absolute atomic E-state index is 13.6. The van der Waals surface area contributed by atoms with Gasteiger partial charge >= 0.3 is 5.97 Å². The Hall–Kier alpha value is -2.36. The van der Waals surface area contributed by atoms with Gasteiger partial charge in [-0.3, -0.25) is 0 Å². The molecule has 2 rings (SSSR count). The number of carboxylic acid groups (broad SMARTS) is 1. The number of benzene rings is 2. The molecule has 0 aliphatic rings. The fraction of sp³-hybridized carbons (Fsp3) is 0.235. The predicted molar refractivity (Wildman–Crippen MR) is 79.3 cm³/mol. The lowest BCUT2D eigenvalue weighted by Gasteiger charge is -2.10. The zero-order valence-corrected chi connectivity index (χ0v) is 12.0. The third-order valence-electron chi connectivity index (χ3n) is 3.18. The third kappa shape index (κ3) is 3.40. The summed E-state index contributed by atoms with van der Waals surface area (Å²) in [4.78, 5) is 11.3. The van der Waals surface area contributed by atoms with E-state index in [0.717, 1.165) is 6.42 Å². The van der Waals surface area contributed by atoms with Crippen molar-refractivity contribution in [2.24, 2.45) is 0 Å². The molecule has 0 bridgehead atoms. The van der Waals surface area contributed by atoms with Gasteiger partial charge in [-0.05, 0) is 48.2 Å². The average Bonchev–Trinajstić information content (AvgIpc) is 2.47. The fourth-order valence-electron chi connectivity index (χ4n) is 1.99. The van der Waals surface area contributed by atoms with E-state index in [2.05, 4.69) is 0 Å². The second kappa shape index (κ2) is 6.39. The van der Waals surface area contributed by atoms with Gasteiger partial charge in [0.15, 0.2) is 0 Å². The number of carboxylic acids is 1. The van der Waals surface area contributed by atoms with E-state index in [0.29, 0.717) is 29.0 Å². The standard InChI is InChI=1S/C17H17FO3/c1-3-8-21-16-7-6-12(9-14(16)17(19)20)13-5-4-11(2)15(18)10-13/h4-7,9-10H,3,8H2,1-2H3,(H,19,20). The highest BCUT2D eigenvalue weighted by molar-refractivity contribution is 5.92. The molecule has 2 aromatic carbocycles. The number of carbonyl (C=O) groups is 1. The van der Waals surface area contributed by atoms with Crippen molar-refractivity contribution in [1.82, 2.24) is 0 Å². The quantitative estimate of drug-likeness (QED) is 0.892. The Morgan fingerprint density at radius 1 is 1.19 bits per heavy atom. The molecule has 0 unspecified atom stereocenters. The van der Waals surface area contributed by atoms with Crippen LogP contribution in [0.1, 0.15) is 29.3 Å². The minimum atomic E-state index is -1.06. The molecule has 0 aliphatic heterocycles. The van der Waals surface area contributed by atoms with Gasteiger partial charge in [-0.15, -0.1) is 0 Å². The molecule has 3 nitrogen and oxygen atoms in total. The molecular formula is C17H17FO3. The molecule has 0 heterocycles. The summed E-state index contributed by atoms with van der Waals surface area (Å²) >= 11 is 0. The molecule has 0 fully saturated rings. The van der Waals surface area contributed by atoms with Crippen LogP contribution in [0.2, 0.25) is 0 Å². The van der Waals surface area contributed by atoms with Crippen LogP contribution in [0.4, 0.5) is 4.39 Å². The number of ether oxygens (including phenoxy) is 1. The van der Waals surface area contributed by atoms with Crippen LogP contribution in [0.25, 0.3) is 11.1 Å². The molecule has 0 atom stereocenters. The van der Waals surface area contributed by atoms with Gasteiger partial charge in [-0.1, -0.05) is 25.1 Å². The zero-order chi connectivity index (χ0) is 15.4. The highest BCUT2D eigenvalue weighted by Crippen LogP contribution is 2.28. The summed E-state index contributed by atoms with van der Waals surface area (Å²) in [5.41, 5.74) is 1.93. The van der Waals surface area contributed by atoms with E-state index in [9.17, 15) is 14.3 Å². The van der Waals surface area contributed by atoms with Gasteiger partial charge in [0.1, 0.15) is 17.1 Å². The number of halogens is 1. The number of aryl methyl sites for hydroxylation is 1. The Balaban J connectivity index is 2.43. The van der Waals surface area contributed by atoms with Gasteiger partial charge in [0.2, 0.25) is 0 Å². The molecule has 2 aromatic rings. The van der Waals surface area contributed by atoms with Gasteiger partial charge in [-0.2, -0.15) is 0 Å². The van der Waals surface area contributed by atoms with Crippen molar-refractivity contribution in [2.45, 2.75) is 20.3 Å². The lowest BCUT2D eigenvalue weighted by molar-refractivity contribution is 0.0692. The first-order valence-electron chi connectivity index (χ1n) is 6.79. The Bertz CT molecular complexity index is 665. The van der Waals surface area contributed by atoms with Crippen LogP contribution in [0.15, 0.2) is 36.4 Å². The first kappa shape index (κ1) is 15.0. The Morgan fingerprint density at radius 2 is 1.86 bits per heavy atom. The van der Waals surface area contributed by atoms with Gasteiger partial charge in [0, 0.05) is 0 Å². The van der Waals surface area contributed by atoms with E-state index < -0.39 is 5.97 Å². The largest absolute Gasteiger partial charge is 0.493 e. The maximum atomic E-state index is 13.6. The SMILES string of the molecule is CCCOc1ccc(-c2ccc(C)c(F)c2)cc1C(=O)O. The number of aromatic carboxylic acids is 1. The van der Waals surface area contributed by atoms with Crippen LogP contribution in [0.5, 0.6) is 5.75 Å². The first-order valence-corrected chi connectivity index (χ1v) is 6.79. The van der Waals surface area contributed by atoms with Crippen molar-refractivity contribution in [3.8, 4) is 16.9 Å². The molecule has 0 saturated heterocycles. The summed E-state index contributed by atoms with van der Waals surface area (Å²) in [5, 5.41) is 9.28. The van der Waals surface area contributed by atoms with Gasteiger partial charge < -0.3 is 9.84 Å². The van der Waals surface area contributed by atoms with Crippen molar-refractivity contribution in [3.05, 3.63) is 53.3 Å². The van der Waals surface area contributed by atoms with Gasteiger partial charge in [-0.25, -0.2) is 9.18 Å². The third-order valence-corrected chi connectivity index (χ3v) is 3.18. The molecule has 21 heavy (non-hydrogen) atoms. The summed E-state index contributed by atoms with van der Waals surface area (Å²) in [5.74, 6) is -1.04. The highest BCUT2D eigenvalue weighted by Gasteiger charge is 2.13. The molecule has 0 radical (unpaired) electrons. The van der Waals surface area contributed by atoms with Gasteiger partial charge in [0.05, 0.1) is 6.61 Å². The van der Waals surface area contributed by atoms with Crippen LogP contribution >= 0.6 is 0 Å². The van der Waals surface area contributed by atoms with Crippen molar-refractivity contribution in [2.75, 3.05) is 6.61 Å². The van der Waals surface area contributed by atoms with Crippen LogP contribution in [-0.4, -0.2) is 17.7 Å². The van der Waals surface area contributed by atoms with Crippen LogP contribution in [0, 0.1) is 12.7 Å². The minimum Gasteiger partial charge on any atom is -0.493 e. The molecule has 0 aliphatic carbocycles. The van der Waals surface area contributed by atoms with Crippen LogP contribution in [0.3, 0.4) is 0 Å². The van der Waals surface area contributed by atoms with Crippen molar-refractivity contribution in [1.29, 1.82) is 0 Å². The molecule has 0 aromatic heterocycles. The second-order valence-electron chi connectivity index (χ2n) is 4.83. The minimum absolute atomic E-state index is 0.0851. The lowest BCUT2D eigenvalue weighted by Crippen LogP contribution is -2.04. The molecular weight excluding hydrogens is 271 g/mol. The smallest absolute Gasteiger partial charge is 0.339 e. The van der Waals surface area contributed by atoms with E-state index in [1.807, 2.05) is 6.92 Å². The van der Waals surface area contributed by atoms with Crippen molar-refractivity contribution >= 4 is 5.97 Å². The van der Waals surface area contributed by atoms with E-state index in [4.69, 9.17) is 4.74 Å². The van der Waals surface area contributed by atoms with Crippen molar-refractivity contribution < 1.29 is 19.0 Å². The van der Waals surface area contributed by atoms with E-state index in [1.165, 1.54) is 12.1 Å². The Kier molecular flexibility index (Phi) is 4.58. The number of rotatable bonds is 5. The maximum Gasteiger partial charge on any atom is 0.339 e. The summed E-state index contributed by atoms with van der Waals surface area (Å²) in [6.07, 6.45) is 0.796. The zero-order valence-electron chi connectivity index (χ0n) is 12.0. The molecule has 4 heteroatoms.